The third-order valence-electron chi connectivity index (χ3n) is 3.06. The van der Waals surface area contributed by atoms with E-state index < -0.39 is 5.54 Å². The Labute approximate surface area is 113 Å². The lowest BCUT2D eigenvalue weighted by molar-refractivity contribution is -0.149. The van der Waals surface area contributed by atoms with Crippen molar-refractivity contribution in [2.45, 2.75) is 32.2 Å². The van der Waals surface area contributed by atoms with Crippen LogP contribution < -0.4 is 5.32 Å². The van der Waals surface area contributed by atoms with Crippen LogP contribution in [0.5, 0.6) is 0 Å². The molecule has 3 nitrogen and oxygen atoms in total. The molecule has 0 radical (unpaired) electrons. The van der Waals surface area contributed by atoms with Crippen molar-refractivity contribution in [3.63, 3.8) is 0 Å². The van der Waals surface area contributed by atoms with Crippen molar-refractivity contribution in [2.75, 3.05) is 13.7 Å². The first-order valence-corrected chi connectivity index (χ1v) is 6.58. The molecule has 0 aliphatic rings. The zero-order chi connectivity index (χ0) is 13.6. The molecule has 0 aliphatic carbocycles. The van der Waals surface area contributed by atoms with Crippen LogP contribution in [0.4, 0.5) is 0 Å². The Hall–Kier alpha value is -1.06. The van der Waals surface area contributed by atoms with E-state index in [0.717, 1.165) is 18.5 Å². The van der Waals surface area contributed by atoms with Crippen molar-refractivity contribution in [1.29, 1.82) is 0 Å². The molecule has 4 heteroatoms. The summed E-state index contributed by atoms with van der Waals surface area (Å²) in [6, 6.07) is 7.35. The number of halogens is 1. The SMILES string of the molecule is CCCNC(CC)(C(=O)OC)c1cccc(Cl)c1. The van der Waals surface area contributed by atoms with Crippen LogP contribution in [0.1, 0.15) is 32.3 Å². The maximum absolute atomic E-state index is 12.2. The molecule has 0 saturated carbocycles. The highest BCUT2D eigenvalue weighted by Gasteiger charge is 2.39. The molecule has 1 aromatic rings. The molecule has 1 unspecified atom stereocenters. The minimum Gasteiger partial charge on any atom is -0.467 e. The van der Waals surface area contributed by atoms with Gasteiger partial charge in [0.15, 0.2) is 0 Å². The van der Waals surface area contributed by atoms with Crippen molar-refractivity contribution in [1.82, 2.24) is 5.32 Å². The maximum Gasteiger partial charge on any atom is 0.330 e. The summed E-state index contributed by atoms with van der Waals surface area (Å²) in [5.74, 6) is -0.277. The summed E-state index contributed by atoms with van der Waals surface area (Å²) in [6.07, 6.45) is 1.55. The van der Waals surface area contributed by atoms with Crippen LogP contribution in [0, 0.1) is 0 Å². The zero-order valence-corrected chi connectivity index (χ0v) is 11.9. The van der Waals surface area contributed by atoms with Gasteiger partial charge in [0.1, 0.15) is 5.54 Å². The van der Waals surface area contributed by atoms with Crippen LogP contribution in [0.25, 0.3) is 0 Å². The average Bonchev–Trinajstić information content (AvgIpc) is 2.39. The van der Waals surface area contributed by atoms with Crippen molar-refractivity contribution in [3.8, 4) is 0 Å². The maximum atomic E-state index is 12.2. The Morgan fingerprint density at radius 1 is 1.44 bits per heavy atom. The van der Waals surface area contributed by atoms with Gasteiger partial charge >= 0.3 is 5.97 Å². The van der Waals surface area contributed by atoms with Gasteiger partial charge in [-0.3, -0.25) is 5.32 Å². The first kappa shape index (κ1) is 15.0. The summed E-state index contributed by atoms with van der Waals surface area (Å²) in [4.78, 5) is 12.2. The molecule has 1 atom stereocenters. The number of hydrogen-bond acceptors (Lipinski definition) is 3. The third-order valence-corrected chi connectivity index (χ3v) is 3.29. The van der Waals surface area contributed by atoms with Gasteiger partial charge in [0.05, 0.1) is 7.11 Å². The molecule has 0 spiro atoms. The summed E-state index contributed by atoms with van der Waals surface area (Å²) in [7, 11) is 1.41. The summed E-state index contributed by atoms with van der Waals surface area (Å²) < 4.78 is 4.95. The normalized spacial score (nSPS) is 14.0. The Morgan fingerprint density at radius 2 is 2.17 bits per heavy atom. The zero-order valence-electron chi connectivity index (χ0n) is 11.1. The molecule has 1 N–H and O–H groups in total. The fourth-order valence-corrected chi connectivity index (χ4v) is 2.22. The number of rotatable bonds is 6. The van der Waals surface area contributed by atoms with Gasteiger partial charge in [-0.25, -0.2) is 4.79 Å². The summed E-state index contributed by atoms with van der Waals surface area (Å²) in [6.45, 7) is 4.76. The third kappa shape index (κ3) is 3.03. The van der Waals surface area contributed by atoms with E-state index in [-0.39, 0.29) is 5.97 Å². The highest BCUT2D eigenvalue weighted by Crippen LogP contribution is 2.28. The lowest BCUT2D eigenvalue weighted by atomic mass is 9.87. The molecule has 1 rings (SSSR count). The summed E-state index contributed by atoms with van der Waals surface area (Å²) >= 11 is 6.01. The van der Waals surface area contributed by atoms with Gasteiger partial charge < -0.3 is 4.74 Å². The van der Waals surface area contributed by atoms with Crippen LogP contribution in [-0.2, 0) is 15.1 Å². The second-order valence-corrected chi connectivity index (χ2v) is 4.62. The number of benzene rings is 1. The predicted molar refractivity (Wildman–Crippen MR) is 73.7 cm³/mol. The predicted octanol–water partition coefficient (Wildman–Crippen LogP) is 3.12. The smallest absolute Gasteiger partial charge is 0.330 e. The number of methoxy groups -OCH3 is 1. The Morgan fingerprint density at radius 3 is 2.67 bits per heavy atom. The summed E-state index contributed by atoms with van der Waals surface area (Å²) in [5, 5.41) is 3.91. The van der Waals surface area contributed by atoms with Crippen LogP contribution in [0.2, 0.25) is 5.02 Å². The van der Waals surface area contributed by atoms with E-state index in [2.05, 4.69) is 12.2 Å². The fourth-order valence-electron chi connectivity index (χ4n) is 2.03. The molecule has 0 aliphatic heterocycles. The highest BCUT2D eigenvalue weighted by molar-refractivity contribution is 6.30. The second kappa shape index (κ2) is 6.76. The molecule has 0 bridgehead atoms. The van der Waals surface area contributed by atoms with Gasteiger partial charge in [0.25, 0.3) is 0 Å². The first-order chi connectivity index (χ1) is 8.60. The lowest BCUT2D eigenvalue weighted by Crippen LogP contribution is -2.49. The molecular weight excluding hydrogens is 250 g/mol. The molecule has 0 fully saturated rings. The minimum atomic E-state index is -0.810. The quantitative estimate of drug-likeness (QED) is 0.807. The lowest BCUT2D eigenvalue weighted by Gasteiger charge is -2.31. The van der Waals surface area contributed by atoms with E-state index in [4.69, 9.17) is 16.3 Å². The van der Waals surface area contributed by atoms with Gasteiger partial charge in [-0.05, 0) is 37.1 Å². The molecule has 0 heterocycles. The van der Waals surface area contributed by atoms with E-state index >= 15 is 0 Å². The van der Waals surface area contributed by atoms with Gasteiger partial charge in [-0.15, -0.1) is 0 Å². The Balaban J connectivity index is 3.20. The van der Waals surface area contributed by atoms with Gasteiger partial charge in [-0.1, -0.05) is 37.6 Å². The van der Waals surface area contributed by atoms with Crippen LogP contribution >= 0.6 is 11.6 Å². The number of carbonyl (C=O) groups excluding carboxylic acids is 1. The van der Waals surface area contributed by atoms with Crippen molar-refractivity contribution < 1.29 is 9.53 Å². The number of nitrogens with one attached hydrogen (secondary N) is 1. The van der Waals surface area contributed by atoms with Crippen LogP contribution in [0.3, 0.4) is 0 Å². The van der Waals surface area contributed by atoms with Crippen LogP contribution in [-0.4, -0.2) is 19.6 Å². The van der Waals surface area contributed by atoms with Gasteiger partial charge in [0, 0.05) is 5.02 Å². The van der Waals surface area contributed by atoms with E-state index in [1.54, 1.807) is 6.07 Å². The first-order valence-electron chi connectivity index (χ1n) is 6.20. The number of ether oxygens (including phenoxy) is 1. The fraction of sp³-hybridized carbons (Fsp3) is 0.500. The average molecular weight is 270 g/mol. The molecule has 1 aromatic carbocycles. The Kier molecular flexibility index (Phi) is 5.63. The van der Waals surface area contributed by atoms with E-state index in [0.29, 0.717) is 11.4 Å². The summed E-state index contributed by atoms with van der Waals surface area (Å²) in [5.41, 5.74) is 0.0353. The van der Waals surface area contributed by atoms with Gasteiger partial charge in [0.2, 0.25) is 0 Å². The van der Waals surface area contributed by atoms with Crippen LogP contribution in [0.15, 0.2) is 24.3 Å². The highest BCUT2D eigenvalue weighted by atomic mass is 35.5. The second-order valence-electron chi connectivity index (χ2n) is 4.19. The molecule has 18 heavy (non-hydrogen) atoms. The molecule has 0 saturated heterocycles. The van der Waals surface area contributed by atoms with E-state index in [9.17, 15) is 4.79 Å². The topological polar surface area (TPSA) is 38.3 Å². The van der Waals surface area contributed by atoms with Crippen molar-refractivity contribution >= 4 is 17.6 Å². The monoisotopic (exact) mass is 269 g/mol. The van der Waals surface area contributed by atoms with E-state index in [1.165, 1.54) is 7.11 Å². The van der Waals surface area contributed by atoms with Gasteiger partial charge in [-0.2, -0.15) is 0 Å². The molecule has 0 aromatic heterocycles. The van der Waals surface area contributed by atoms with E-state index in [1.807, 2.05) is 25.1 Å². The number of esters is 1. The number of carbonyl (C=O) groups is 1. The number of hydrogen-bond donors (Lipinski definition) is 1. The molecular formula is C14H20ClNO2. The van der Waals surface area contributed by atoms with Crippen molar-refractivity contribution in [3.05, 3.63) is 34.9 Å². The largest absolute Gasteiger partial charge is 0.467 e. The molecule has 100 valence electrons. The Bertz CT molecular complexity index is 409. The minimum absolute atomic E-state index is 0.277. The van der Waals surface area contributed by atoms with Crippen molar-refractivity contribution in [2.24, 2.45) is 0 Å². The standard InChI is InChI=1S/C14H20ClNO2/c1-4-9-16-14(5-2,13(17)18-3)11-7-6-8-12(15)10-11/h6-8,10,16H,4-5,9H2,1-3H3. The molecule has 0 amide bonds.